The van der Waals surface area contributed by atoms with E-state index in [9.17, 15) is 9.18 Å². The third-order valence-electron chi connectivity index (χ3n) is 2.39. The fraction of sp³-hybridized carbons (Fsp3) is 0.167. The van der Waals surface area contributed by atoms with Crippen LogP contribution in [0, 0.1) is 12.7 Å². The van der Waals surface area contributed by atoms with E-state index in [1.807, 2.05) is 6.92 Å². The second-order valence-electron chi connectivity index (χ2n) is 3.48. The van der Waals surface area contributed by atoms with Gasteiger partial charge in [-0.3, -0.25) is 0 Å². The Kier molecular flexibility index (Phi) is 3.19. The molecule has 0 radical (unpaired) electrons. The van der Waals surface area contributed by atoms with Crippen LogP contribution in [0.25, 0.3) is 10.4 Å². The van der Waals surface area contributed by atoms with Crippen molar-refractivity contribution in [3.05, 3.63) is 40.8 Å². The van der Waals surface area contributed by atoms with Gasteiger partial charge in [0.15, 0.2) is 5.69 Å². The quantitative estimate of drug-likeness (QED) is 0.770. The van der Waals surface area contributed by atoms with Crippen molar-refractivity contribution in [1.82, 2.24) is 4.98 Å². The SMILES string of the molecule is COC(=O)c1ncsc1-c1cc(F)ccc1C. The Hall–Kier alpha value is -1.75. The molecule has 0 amide bonds. The van der Waals surface area contributed by atoms with Crippen LogP contribution in [0.15, 0.2) is 23.7 Å². The van der Waals surface area contributed by atoms with Gasteiger partial charge in [0, 0.05) is 0 Å². The Morgan fingerprint density at radius 1 is 1.47 bits per heavy atom. The topological polar surface area (TPSA) is 39.2 Å². The minimum atomic E-state index is -0.509. The number of ether oxygens (including phenoxy) is 1. The third kappa shape index (κ3) is 2.19. The Bertz CT molecular complexity index is 565. The molecule has 0 aliphatic heterocycles. The molecule has 0 spiro atoms. The molecule has 1 heterocycles. The highest BCUT2D eigenvalue weighted by Gasteiger charge is 2.18. The zero-order valence-corrected chi connectivity index (χ0v) is 10.2. The van der Waals surface area contributed by atoms with Gasteiger partial charge in [0.1, 0.15) is 5.82 Å². The van der Waals surface area contributed by atoms with E-state index >= 15 is 0 Å². The first kappa shape index (κ1) is 11.7. The molecule has 0 bridgehead atoms. The molecule has 1 aromatic heterocycles. The van der Waals surface area contributed by atoms with Gasteiger partial charge in [-0.2, -0.15) is 0 Å². The van der Waals surface area contributed by atoms with Crippen molar-refractivity contribution in [3.8, 4) is 10.4 Å². The molecule has 88 valence electrons. The first-order valence-electron chi connectivity index (χ1n) is 4.92. The van der Waals surface area contributed by atoms with Crippen molar-refractivity contribution < 1.29 is 13.9 Å². The van der Waals surface area contributed by atoms with Gasteiger partial charge in [-0.1, -0.05) is 6.07 Å². The second kappa shape index (κ2) is 4.63. The lowest BCUT2D eigenvalue weighted by Crippen LogP contribution is -2.03. The van der Waals surface area contributed by atoms with Crippen LogP contribution < -0.4 is 0 Å². The standard InChI is InChI=1S/C12H10FNO2S/c1-7-3-4-8(13)5-9(7)11-10(12(15)16-2)14-6-17-11/h3-6H,1-2H3. The van der Waals surface area contributed by atoms with Gasteiger partial charge in [0.2, 0.25) is 0 Å². The summed E-state index contributed by atoms with van der Waals surface area (Å²) in [6.45, 7) is 1.86. The lowest BCUT2D eigenvalue weighted by atomic mass is 10.1. The molecule has 0 saturated heterocycles. The molecule has 3 nitrogen and oxygen atoms in total. The third-order valence-corrected chi connectivity index (χ3v) is 3.25. The summed E-state index contributed by atoms with van der Waals surface area (Å²) in [7, 11) is 1.30. The summed E-state index contributed by atoms with van der Waals surface area (Å²) >= 11 is 1.29. The average molecular weight is 251 g/mol. The summed E-state index contributed by atoms with van der Waals surface area (Å²) in [4.78, 5) is 16.1. The van der Waals surface area contributed by atoms with Crippen LogP contribution >= 0.6 is 11.3 Å². The molecule has 5 heteroatoms. The van der Waals surface area contributed by atoms with Gasteiger partial charge in [0.25, 0.3) is 0 Å². The van der Waals surface area contributed by atoms with Crippen LogP contribution in [0.2, 0.25) is 0 Å². The predicted octanol–water partition coefficient (Wildman–Crippen LogP) is 3.04. The van der Waals surface area contributed by atoms with E-state index in [2.05, 4.69) is 9.72 Å². The Labute approximate surface area is 102 Å². The maximum atomic E-state index is 13.2. The summed E-state index contributed by atoms with van der Waals surface area (Å²) in [5.41, 5.74) is 3.34. The maximum absolute atomic E-state index is 13.2. The summed E-state index contributed by atoms with van der Waals surface area (Å²) < 4.78 is 17.9. The predicted molar refractivity (Wildman–Crippen MR) is 63.6 cm³/mol. The van der Waals surface area contributed by atoms with E-state index in [1.54, 1.807) is 11.6 Å². The van der Waals surface area contributed by atoms with E-state index in [0.29, 0.717) is 10.4 Å². The number of aromatic nitrogens is 1. The van der Waals surface area contributed by atoms with E-state index in [0.717, 1.165) is 5.56 Å². The zero-order chi connectivity index (χ0) is 12.4. The second-order valence-corrected chi connectivity index (χ2v) is 4.34. The van der Waals surface area contributed by atoms with Gasteiger partial charge >= 0.3 is 5.97 Å². The monoisotopic (exact) mass is 251 g/mol. The highest BCUT2D eigenvalue weighted by Crippen LogP contribution is 2.31. The Morgan fingerprint density at radius 2 is 2.24 bits per heavy atom. The lowest BCUT2D eigenvalue weighted by molar-refractivity contribution is 0.0596. The van der Waals surface area contributed by atoms with E-state index < -0.39 is 5.97 Å². The summed E-state index contributed by atoms with van der Waals surface area (Å²) in [5.74, 6) is -0.847. The molecule has 0 N–H and O–H groups in total. The fourth-order valence-corrected chi connectivity index (χ4v) is 2.38. The number of esters is 1. The average Bonchev–Trinajstić information content (AvgIpc) is 2.80. The zero-order valence-electron chi connectivity index (χ0n) is 9.36. The van der Waals surface area contributed by atoms with Crippen LogP contribution in [0.3, 0.4) is 0 Å². The van der Waals surface area contributed by atoms with E-state index in [-0.39, 0.29) is 11.5 Å². The number of halogens is 1. The number of aryl methyl sites for hydroxylation is 1. The van der Waals surface area contributed by atoms with Crippen molar-refractivity contribution in [2.75, 3.05) is 7.11 Å². The fourth-order valence-electron chi connectivity index (χ4n) is 1.52. The van der Waals surface area contributed by atoms with E-state index in [4.69, 9.17) is 0 Å². The van der Waals surface area contributed by atoms with E-state index in [1.165, 1.54) is 30.6 Å². The summed E-state index contributed by atoms with van der Waals surface area (Å²) in [5, 5.41) is 0. The van der Waals surface area contributed by atoms with Gasteiger partial charge < -0.3 is 4.74 Å². The molecule has 0 atom stereocenters. The highest BCUT2D eigenvalue weighted by atomic mass is 32.1. The molecular formula is C12H10FNO2S. The van der Waals surface area contributed by atoms with Crippen molar-refractivity contribution in [1.29, 1.82) is 0 Å². The summed E-state index contributed by atoms with van der Waals surface area (Å²) in [6.07, 6.45) is 0. The van der Waals surface area contributed by atoms with Crippen LogP contribution in [0.4, 0.5) is 4.39 Å². The van der Waals surface area contributed by atoms with Gasteiger partial charge in [0.05, 0.1) is 17.5 Å². The molecule has 0 unspecified atom stereocenters. The van der Waals surface area contributed by atoms with Gasteiger partial charge in [-0.05, 0) is 30.2 Å². The van der Waals surface area contributed by atoms with Crippen molar-refractivity contribution in [3.63, 3.8) is 0 Å². The molecule has 0 fully saturated rings. The number of nitrogens with zero attached hydrogens (tertiary/aromatic N) is 1. The largest absolute Gasteiger partial charge is 0.464 e. The number of carbonyl (C=O) groups is 1. The van der Waals surface area contributed by atoms with Crippen LogP contribution in [0.5, 0.6) is 0 Å². The number of hydrogen-bond acceptors (Lipinski definition) is 4. The van der Waals surface area contributed by atoms with Crippen LogP contribution in [0.1, 0.15) is 16.1 Å². The molecule has 0 aliphatic carbocycles. The van der Waals surface area contributed by atoms with Crippen molar-refractivity contribution >= 4 is 17.3 Å². The van der Waals surface area contributed by atoms with Crippen LogP contribution in [-0.4, -0.2) is 18.1 Å². The van der Waals surface area contributed by atoms with Crippen molar-refractivity contribution in [2.45, 2.75) is 6.92 Å². The lowest BCUT2D eigenvalue weighted by Gasteiger charge is -2.05. The Balaban J connectivity index is 2.57. The highest BCUT2D eigenvalue weighted by molar-refractivity contribution is 7.13. The number of carbonyl (C=O) groups excluding carboxylic acids is 1. The first-order chi connectivity index (χ1) is 8.13. The van der Waals surface area contributed by atoms with Gasteiger partial charge in [-0.15, -0.1) is 11.3 Å². The first-order valence-corrected chi connectivity index (χ1v) is 5.79. The van der Waals surface area contributed by atoms with Crippen LogP contribution in [-0.2, 0) is 4.74 Å². The Morgan fingerprint density at radius 3 is 2.94 bits per heavy atom. The molecule has 17 heavy (non-hydrogen) atoms. The molecule has 1 aromatic carbocycles. The van der Waals surface area contributed by atoms with Gasteiger partial charge in [-0.25, -0.2) is 14.2 Å². The molecule has 2 aromatic rings. The molecule has 0 aliphatic rings. The number of rotatable bonds is 2. The molecular weight excluding hydrogens is 241 g/mol. The van der Waals surface area contributed by atoms with Crippen molar-refractivity contribution in [2.24, 2.45) is 0 Å². The number of hydrogen-bond donors (Lipinski definition) is 0. The minimum absolute atomic E-state index is 0.228. The number of methoxy groups -OCH3 is 1. The smallest absolute Gasteiger partial charge is 0.358 e. The normalized spacial score (nSPS) is 10.3. The number of thiazole rings is 1. The molecule has 0 saturated carbocycles. The maximum Gasteiger partial charge on any atom is 0.358 e. The summed E-state index contributed by atoms with van der Waals surface area (Å²) in [6, 6.07) is 4.46. The number of benzene rings is 1. The minimum Gasteiger partial charge on any atom is -0.464 e. The molecule has 2 rings (SSSR count).